The van der Waals surface area contributed by atoms with Crippen molar-refractivity contribution in [3.05, 3.63) is 0 Å². The van der Waals surface area contributed by atoms with Gasteiger partial charge in [0, 0.05) is 22.4 Å². The number of ether oxygens (including phenoxy) is 4. The van der Waals surface area contributed by atoms with Crippen molar-refractivity contribution in [2.45, 2.75) is 26.2 Å². The summed E-state index contributed by atoms with van der Waals surface area (Å²) >= 11 is 0. The first-order valence-electron chi connectivity index (χ1n) is 8.53. The van der Waals surface area contributed by atoms with E-state index in [9.17, 15) is 4.79 Å². The van der Waals surface area contributed by atoms with E-state index in [4.69, 9.17) is 18.9 Å². The summed E-state index contributed by atoms with van der Waals surface area (Å²) in [7, 11) is 1.89. The van der Waals surface area contributed by atoms with Gasteiger partial charge >= 0.3 is 0 Å². The van der Waals surface area contributed by atoms with Crippen LogP contribution < -0.4 is 10.6 Å². The lowest BCUT2D eigenvalue weighted by Gasteiger charge is -2.08. The summed E-state index contributed by atoms with van der Waals surface area (Å²) in [6.45, 7) is 8.05. The molecule has 0 radical (unpaired) electrons. The summed E-state index contributed by atoms with van der Waals surface area (Å²) in [4.78, 5) is 11.3. The molecule has 0 fully saturated rings. The summed E-state index contributed by atoms with van der Waals surface area (Å²) < 4.78 is 21.4. The highest BCUT2D eigenvalue weighted by Crippen LogP contribution is 1.92. The van der Waals surface area contributed by atoms with E-state index in [1.165, 1.54) is 0 Å². The topological polar surface area (TPSA) is 78.1 Å². The zero-order valence-corrected chi connectivity index (χ0v) is 14.7. The Morgan fingerprint density at radius 3 is 1.78 bits per heavy atom. The van der Waals surface area contributed by atoms with E-state index in [1.807, 2.05) is 7.05 Å². The molecule has 7 heteroatoms. The van der Waals surface area contributed by atoms with Crippen molar-refractivity contribution < 1.29 is 26.6 Å². The molecule has 23 heavy (non-hydrogen) atoms. The highest BCUT2D eigenvalue weighted by molar-refractivity contribution is 5.75. The summed E-state index contributed by atoms with van der Waals surface area (Å²) in [5.41, 5.74) is 0. The molecule has 0 bridgehead atoms. The van der Waals surface area contributed by atoms with E-state index in [-0.39, 0.29) is 8.76 Å². The molecule has 0 heterocycles. The second kappa shape index (κ2) is 19.3. The van der Waals surface area contributed by atoms with Crippen LogP contribution in [0.4, 0.5) is 0 Å². The summed E-state index contributed by atoms with van der Waals surface area (Å²) in [5.74, 6) is 0.0961. The van der Waals surface area contributed by atoms with Crippen LogP contribution in [0, 0.1) is 0 Å². The molecule has 0 aromatic carbocycles. The molecule has 7 nitrogen and oxygen atoms in total. The Hall–Kier alpha value is -0.730. The van der Waals surface area contributed by atoms with Crippen LogP contribution in [0.25, 0.3) is 0 Å². The van der Waals surface area contributed by atoms with Gasteiger partial charge in [-0.2, -0.15) is 0 Å². The molecule has 0 aromatic rings. The molecule has 0 aliphatic rings. The number of hydrogen-bond donors (Lipinski definition) is 2. The molecule has 0 aromatic heterocycles. The molecular formula is C16H38N2O5. The Kier molecular flexibility index (Phi) is 18.7. The maximum Gasteiger partial charge on any atom is 0.220 e. The molecule has 0 aliphatic carbocycles. The first-order valence-corrected chi connectivity index (χ1v) is 8.53. The Morgan fingerprint density at radius 2 is 1.30 bits per heavy atom. The van der Waals surface area contributed by atoms with Crippen LogP contribution in [0.15, 0.2) is 0 Å². The zero-order chi connectivity index (χ0) is 17.0. The van der Waals surface area contributed by atoms with Crippen molar-refractivity contribution >= 4 is 5.91 Å². The van der Waals surface area contributed by atoms with Gasteiger partial charge in [0.05, 0.1) is 52.9 Å². The second-order valence-electron chi connectivity index (χ2n) is 5.01. The fourth-order valence-corrected chi connectivity index (χ4v) is 1.62. The smallest absolute Gasteiger partial charge is 0.220 e. The molecule has 1 amide bonds. The van der Waals surface area contributed by atoms with Crippen LogP contribution >= 0.6 is 0 Å². The minimum atomic E-state index is 0. The van der Waals surface area contributed by atoms with Crippen molar-refractivity contribution in [2.24, 2.45) is 0 Å². The Morgan fingerprint density at radius 1 is 0.826 bits per heavy atom. The number of unbranched alkanes of at least 4 members (excludes halogenated alkanes) is 1. The van der Waals surface area contributed by atoms with Gasteiger partial charge in [0.15, 0.2) is 0 Å². The first-order chi connectivity index (χ1) is 11.3. The Balaban J connectivity index is -0.00000242. The fraction of sp³-hybridized carbons (Fsp3) is 0.938. The van der Waals surface area contributed by atoms with Gasteiger partial charge in [0.2, 0.25) is 5.91 Å². The molecule has 142 valence electrons. The predicted molar refractivity (Wildman–Crippen MR) is 94.0 cm³/mol. The number of hydrogen-bond acceptors (Lipinski definition) is 6. The minimum Gasteiger partial charge on any atom is -0.378 e. The molecule has 0 saturated carbocycles. The second-order valence-corrected chi connectivity index (χ2v) is 5.01. The van der Waals surface area contributed by atoms with Crippen molar-refractivity contribution in [2.75, 3.05) is 73.0 Å². The Bertz CT molecular complexity index is 265. The average Bonchev–Trinajstić information content (AvgIpc) is 2.56. The van der Waals surface area contributed by atoms with E-state index < -0.39 is 0 Å². The Labute approximate surface area is 143 Å². The van der Waals surface area contributed by atoms with Crippen molar-refractivity contribution in [3.8, 4) is 0 Å². The molecule has 0 spiro atoms. The van der Waals surface area contributed by atoms with Crippen molar-refractivity contribution in [3.63, 3.8) is 0 Å². The SMILES string of the molecule is CCCCC(=O)NCCOCCOCCOCCOCCNC.[HH].[HH]. The number of amides is 1. The first kappa shape index (κ1) is 22.3. The van der Waals surface area contributed by atoms with Crippen molar-refractivity contribution in [1.82, 2.24) is 10.6 Å². The van der Waals surface area contributed by atoms with E-state index in [1.54, 1.807) is 0 Å². The van der Waals surface area contributed by atoms with Gasteiger partial charge in [-0.1, -0.05) is 13.3 Å². The molecule has 2 N–H and O–H groups in total. The standard InChI is InChI=1S/C16H34N2O5.2H2/c1-3-4-5-16(19)18-7-9-21-11-13-23-15-14-22-12-10-20-8-6-17-2;;/h17H,3-15H2,1-2H3,(H,18,19);2*1H. The van der Waals surface area contributed by atoms with E-state index >= 15 is 0 Å². The lowest BCUT2D eigenvalue weighted by atomic mass is 10.2. The predicted octanol–water partition coefficient (Wildman–Crippen LogP) is 1.07. The fourth-order valence-electron chi connectivity index (χ4n) is 1.62. The lowest BCUT2D eigenvalue weighted by molar-refractivity contribution is -0.121. The van der Waals surface area contributed by atoms with Gasteiger partial charge in [-0.3, -0.25) is 4.79 Å². The lowest BCUT2D eigenvalue weighted by Crippen LogP contribution is -2.27. The molecule has 0 rings (SSSR count). The van der Waals surface area contributed by atoms with E-state index in [0.717, 1.165) is 19.4 Å². The number of carbonyl (C=O) groups excluding carboxylic acids is 1. The van der Waals surface area contributed by atoms with Gasteiger partial charge in [0.25, 0.3) is 0 Å². The average molecular weight is 338 g/mol. The van der Waals surface area contributed by atoms with E-state index in [2.05, 4.69) is 17.6 Å². The van der Waals surface area contributed by atoms with Crippen LogP contribution in [-0.4, -0.2) is 78.9 Å². The van der Waals surface area contributed by atoms with Gasteiger partial charge in [-0.05, 0) is 13.5 Å². The third kappa shape index (κ3) is 19.2. The third-order valence-electron chi connectivity index (χ3n) is 2.94. The van der Waals surface area contributed by atoms with Crippen LogP contribution in [0.1, 0.15) is 29.0 Å². The summed E-state index contributed by atoms with van der Waals surface area (Å²) in [6.07, 6.45) is 2.57. The number of likely N-dealkylation sites (N-methyl/N-ethyl adjacent to an activating group) is 1. The van der Waals surface area contributed by atoms with E-state index in [0.29, 0.717) is 65.8 Å². The summed E-state index contributed by atoms with van der Waals surface area (Å²) in [6, 6.07) is 0. The number of carbonyl (C=O) groups is 1. The maximum atomic E-state index is 11.3. The normalized spacial score (nSPS) is 10.9. The molecule has 0 saturated heterocycles. The minimum absolute atomic E-state index is 0. The molecule has 0 aliphatic heterocycles. The number of nitrogens with one attached hydrogen (secondary N) is 2. The highest BCUT2D eigenvalue weighted by atomic mass is 16.6. The summed E-state index contributed by atoms with van der Waals surface area (Å²) in [5, 5.41) is 5.83. The third-order valence-corrected chi connectivity index (χ3v) is 2.94. The molecule has 0 unspecified atom stereocenters. The van der Waals surface area contributed by atoms with Gasteiger partial charge in [-0.25, -0.2) is 0 Å². The molecule has 0 atom stereocenters. The number of rotatable bonds is 18. The molecular weight excluding hydrogens is 300 g/mol. The van der Waals surface area contributed by atoms with Crippen molar-refractivity contribution in [1.29, 1.82) is 0 Å². The van der Waals surface area contributed by atoms with Gasteiger partial charge in [-0.15, -0.1) is 0 Å². The van der Waals surface area contributed by atoms with Gasteiger partial charge < -0.3 is 29.6 Å². The largest absolute Gasteiger partial charge is 0.378 e. The van der Waals surface area contributed by atoms with Gasteiger partial charge in [0.1, 0.15) is 0 Å². The zero-order valence-electron chi connectivity index (χ0n) is 14.7. The van der Waals surface area contributed by atoms with Crippen LogP contribution in [-0.2, 0) is 23.7 Å². The highest BCUT2D eigenvalue weighted by Gasteiger charge is 1.98. The van der Waals surface area contributed by atoms with Crippen LogP contribution in [0.3, 0.4) is 0 Å². The van der Waals surface area contributed by atoms with Crippen LogP contribution in [0.2, 0.25) is 0 Å². The maximum absolute atomic E-state index is 11.3. The monoisotopic (exact) mass is 338 g/mol. The quantitative estimate of drug-likeness (QED) is 0.364. The van der Waals surface area contributed by atoms with Crippen LogP contribution in [0.5, 0.6) is 0 Å².